The van der Waals surface area contributed by atoms with E-state index in [4.69, 9.17) is 9.47 Å². The third kappa shape index (κ3) is 6.27. The Balaban J connectivity index is 1.66. The number of hydrogen-bond acceptors (Lipinski definition) is 6. The molecule has 3 aromatic rings. The Morgan fingerprint density at radius 1 is 0.788 bits per heavy atom. The van der Waals surface area contributed by atoms with Gasteiger partial charge in [-0.05, 0) is 36.8 Å². The van der Waals surface area contributed by atoms with Gasteiger partial charge in [0.1, 0.15) is 17.1 Å². The summed E-state index contributed by atoms with van der Waals surface area (Å²) < 4.78 is 10.8. The molecule has 8 heteroatoms. The van der Waals surface area contributed by atoms with Crippen LogP contribution in [0.1, 0.15) is 28.4 Å². The molecular formula is C25H23N3O5. The van der Waals surface area contributed by atoms with E-state index >= 15 is 0 Å². The van der Waals surface area contributed by atoms with Gasteiger partial charge in [-0.25, -0.2) is 10.2 Å². The van der Waals surface area contributed by atoms with Gasteiger partial charge in [0.05, 0.1) is 12.8 Å². The monoisotopic (exact) mass is 445 g/mol. The van der Waals surface area contributed by atoms with Crippen LogP contribution in [0, 0.1) is 0 Å². The highest BCUT2D eigenvalue weighted by atomic mass is 16.5. The quantitative estimate of drug-likeness (QED) is 0.191. The largest absolute Gasteiger partial charge is 0.496 e. The second-order valence-corrected chi connectivity index (χ2v) is 6.89. The van der Waals surface area contributed by atoms with Crippen LogP contribution in [-0.4, -0.2) is 30.6 Å². The Hall–Kier alpha value is -4.46. The van der Waals surface area contributed by atoms with Gasteiger partial charge in [0.2, 0.25) is 0 Å². The summed E-state index contributed by atoms with van der Waals surface area (Å²) in [5.41, 5.74) is 4.19. The van der Waals surface area contributed by atoms with Crippen molar-refractivity contribution in [2.45, 2.75) is 13.5 Å². The average molecular weight is 445 g/mol. The Kier molecular flexibility index (Phi) is 7.91. The molecule has 0 saturated carbocycles. The summed E-state index contributed by atoms with van der Waals surface area (Å²) in [5.74, 6) is -1.69. The van der Waals surface area contributed by atoms with Crippen LogP contribution in [0.2, 0.25) is 0 Å². The van der Waals surface area contributed by atoms with Crippen molar-refractivity contribution in [3.63, 3.8) is 0 Å². The van der Waals surface area contributed by atoms with Crippen molar-refractivity contribution in [1.82, 2.24) is 10.7 Å². The molecule has 3 aromatic carbocycles. The summed E-state index contributed by atoms with van der Waals surface area (Å²) >= 11 is 0. The van der Waals surface area contributed by atoms with E-state index < -0.39 is 17.8 Å². The number of carbonyl (C=O) groups is 3. The SMILES string of the molecule is COc1ccccc1C(=O)Oc1ccccc1/C(C)=N/NC(=O)C(=O)NCc1ccccc1. The number of ether oxygens (including phenoxy) is 2. The number of rotatable bonds is 7. The smallest absolute Gasteiger partial charge is 0.347 e. The third-order valence-corrected chi connectivity index (χ3v) is 4.63. The predicted octanol–water partition coefficient (Wildman–Crippen LogP) is 3.07. The van der Waals surface area contributed by atoms with E-state index in [0.29, 0.717) is 17.0 Å². The lowest BCUT2D eigenvalue weighted by Gasteiger charge is -2.11. The maximum absolute atomic E-state index is 12.6. The van der Waals surface area contributed by atoms with Crippen LogP contribution in [0.15, 0.2) is 84.0 Å². The number of nitrogens with one attached hydrogen (secondary N) is 2. The number of esters is 1. The van der Waals surface area contributed by atoms with Gasteiger partial charge in [0.25, 0.3) is 0 Å². The van der Waals surface area contributed by atoms with E-state index in [9.17, 15) is 14.4 Å². The molecule has 0 heterocycles. The molecule has 2 N–H and O–H groups in total. The van der Waals surface area contributed by atoms with E-state index in [0.717, 1.165) is 5.56 Å². The van der Waals surface area contributed by atoms with Crippen LogP contribution in [0.25, 0.3) is 0 Å². The summed E-state index contributed by atoms with van der Waals surface area (Å²) in [7, 11) is 1.47. The predicted molar refractivity (Wildman–Crippen MR) is 123 cm³/mol. The molecule has 0 bridgehead atoms. The molecule has 33 heavy (non-hydrogen) atoms. The van der Waals surface area contributed by atoms with E-state index in [1.54, 1.807) is 55.5 Å². The van der Waals surface area contributed by atoms with E-state index in [1.807, 2.05) is 30.3 Å². The fraction of sp³-hybridized carbons (Fsp3) is 0.120. The van der Waals surface area contributed by atoms with Gasteiger partial charge in [-0.3, -0.25) is 9.59 Å². The Labute approximate surface area is 191 Å². The molecule has 0 radical (unpaired) electrons. The van der Waals surface area contributed by atoms with Gasteiger partial charge in [-0.2, -0.15) is 5.10 Å². The van der Waals surface area contributed by atoms with Gasteiger partial charge in [0.15, 0.2) is 0 Å². The number of methoxy groups -OCH3 is 1. The molecule has 0 aromatic heterocycles. The Bertz CT molecular complexity index is 1180. The third-order valence-electron chi connectivity index (χ3n) is 4.63. The first-order chi connectivity index (χ1) is 16.0. The summed E-state index contributed by atoms with van der Waals surface area (Å²) in [6.45, 7) is 1.84. The van der Waals surface area contributed by atoms with Crippen LogP contribution in [-0.2, 0) is 16.1 Å². The zero-order chi connectivity index (χ0) is 23.6. The molecule has 0 aliphatic carbocycles. The molecule has 0 spiro atoms. The van der Waals surface area contributed by atoms with Crippen LogP contribution < -0.4 is 20.2 Å². The minimum Gasteiger partial charge on any atom is -0.496 e. The second-order valence-electron chi connectivity index (χ2n) is 6.89. The zero-order valence-corrected chi connectivity index (χ0v) is 18.2. The Morgan fingerprint density at radius 3 is 2.09 bits per heavy atom. The standard InChI is InChI=1S/C25H23N3O5/c1-17(27-28-24(30)23(29)26-16-18-10-4-3-5-11-18)19-12-6-9-15-22(19)33-25(31)20-13-7-8-14-21(20)32-2/h3-15H,16H2,1-2H3,(H,26,29)(H,28,30)/b27-17+. The maximum atomic E-state index is 12.6. The normalized spacial score (nSPS) is 10.8. The highest BCUT2D eigenvalue weighted by Crippen LogP contribution is 2.23. The van der Waals surface area contributed by atoms with Crippen molar-refractivity contribution < 1.29 is 23.9 Å². The number of hydrazone groups is 1. The molecule has 0 unspecified atom stereocenters. The number of benzene rings is 3. The highest BCUT2D eigenvalue weighted by Gasteiger charge is 2.17. The zero-order valence-electron chi connectivity index (χ0n) is 18.2. The number of nitrogens with zero attached hydrogens (tertiary/aromatic N) is 1. The van der Waals surface area contributed by atoms with Crippen LogP contribution in [0.5, 0.6) is 11.5 Å². The van der Waals surface area contributed by atoms with Gasteiger partial charge in [-0.1, -0.05) is 54.6 Å². The van der Waals surface area contributed by atoms with E-state index in [1.165, 1.54) is 7.11 Å². The first-order valence-electron chi connectivity index (χ1n) is 10.1. The molecule has 0 atom stereocenters. The number of para-hydroxylation sites is 2. The van der Waals surface area contributed by atoms with Crippen molar-refractivity contribution >= 4 is 23.5 Å². The molecular weight excluding hydrogens is 422 g/mol. The lowest BCUT2D eigenvalue weighted by molar-refractivity contribution is -0.139. The lowest BCUT2D eigenvalue weighted by Crippen LogP contribution is -2.37. The molecule has 0 aliphatic rings. The highest BCUT2D eigenvalue weighted by molar-refractivity contribution is 6.35. The molecule has 168 valence electrons. The van der Waals surface area contributed by atoms with Crippen molar-refractivity contribution in [1.29, 1.82) is 0 Å². The summed E-state index contributed by atoms with van der Waals surface area (Å²) in [6, 6.07) is 22.7. The fourth-order valence-corrected chi connectivity index (χ4v) is 2.93. The van der Waals surface area contributed by atoms with Crippen LogP contribution in [0.4, 0.5) is 0 Å². The summed E-state index contributed by atoms with van der Waals surface area (Å²) in [4.78, 5) is 36.8. The minimum atomic E-state index is -0.909. The van der Waals surface area contributed by atoms with E-state index in [-0.39, 0.29) is 17.9 Å². The molecule has 0 saturated heterocycles. The summed E-state index contributed by atoms with van der Waals surface area (Å²) in [6.07, 6.45) is 0. The van der Waals surface area contributed by atoms with Crippen LogP contribution in [0.3, 0.4) is 0 Å². The van der Waals surface area contributed by atoms with Gasteiger partial charge in [-0.15, -0.1) is 0 Å². The first kappa shape index (κ1) is 23.2. The van der Waals surface area contributed by atoms with Crippen LogP contribution >= 0.6 is 0 Å². The second kappa shape index (κ2) is 11.2. The first-order valence-corrected chi connectivity index (χ1v) is 10.1. The summed E-state index contributed by atoms with van der Waals surface area (Å²) in [5, 5.41) is 6.51. The maximum Gasteiger partial charge on any atom is 0.347 e. The van der Waals surface area contributed by atoms with Gasteiger partial charge in [0, 0.05) is 12.1 Å². The lowest BCUT2D eigenvalue weighted by atomic mass is 10.1. The molecule has 0 fully saturated rings. The molecule has 0 aliphatic heterocycles. The number of hydrogen-bond donors (Lipinski definition) is 2. The topological polar surface area (TPSA) is 106 Å². The van der Waals surface area contributed by atoms with E-state index in [2.05, 4.69) is 15.8 Å². The molecule has 3 rings (SSSR count). The van der Waals surface area contributed by atoms with Crippen molar-refractivity contribution in [2.24, 2.45) is 5.10 Å². The minimum absolute atomic E-state index is 0.220. The van der Waals surface area contributed by atoms with Crippen molar-refractivity contribution in [3.05, 3.63) is 95.6 Å². The fourth-order valence-electron chi connectivity index (χ4n) is 2.93. The number of carbonyl (C=O) groups excluding carboxylic acids is 3. The van der Waals surface area contributed by atoms with Crippen molar-refractivity contribution in [3.8, 4) is 11.5 Å². The molecule has 2 amide bonds. The van der Waals surface area contributed by atoms with Gasteiger partial charge < -0.3 is 14.8 Å². The van der Waals surface area contributed by atoms with Gasteiger partial charge >= 0.3 is 17.8 Å². The Morgan fingerprint density at radius 2 is 1.39 bits per heavy atom. The average Bonchev–Trinajstić information content (AvgIpc) is 2.86. The van der Waals surface area contributed by atoms with Crippen molar-refractivity contribution in [2.75, 3.05) is 7.11 Å². The molecule has 8 nitrogen and oxygen atoms in total. The number of amides is 2.